The molecule has 0 bridgehead atoms. The van der Waals surface area contributed by atoms with Crippen molar-refractivity contribution in [1.82, 2.24) is 4.90 Å². The third-order valence-electron chi connectivity index (χ3n) is 1.92. The minimum atomic E-state index is 1.04. The summed E-state index contributed by atoms with van der Waals surface area (Å²) < 4.78 is 0. The van der Waals surface area contributed by atoms with Crippen LogP contribution in [-0.4, -0.2) is 18.0 Å². The maximum absolute atomic E-state index is 3.95. The fourth-order valence-electron chi connectivity index (χ4n) is 0.857. The van der Waals surface area contributed by atoms with Gasteiger partial charge in [-0.2, -0.15) is 0 Å². The fourth-order valence-corrected chi connectivity index (χ4v) is 0.857. The standard InChI is InChI=1S/C10H19N/c1-5-10(4)8-9-11(6-2)7-3/h6H,2,4-5,7-9H2,1,3H3. The number of hydrogen-bond donors (Lipinski definition) is 0. The number of rotatable bonds is 6. The molecule has 0 aliphatic heterocycles. The van der Waals surface area contributed by atoms with E-state index in [2.05, 4.69) is 31.9 Å². The Balaban J connectivity index is 3.50. The van der Waals surface area contributed by atoms with Gasteiger partial charge in [-0.3, -0.25) is 0 Å². The monoisotopic (exact) mass is 153 g/mol. The maximum atomic E-state index is 3.95. The summed E-state index contributed by atoms with van der Waals surface area (Å²) in [7, 11) is 0. The Labute approximate surface area is 70.4 Å². The first-order valence-corrected chi connectivity index (χ1v) is 4.27. The first-order valence-electron chi connectivity index (χ1n) is 4.27. The Morgan fingerprint density at radius 1 is 1.45 bits per heavy atom. The molecule has 0 unspecified atom stereocenters. The molecular weight excluding hydrogens is 134 g/mol. The van der Waals surface area contributed by atoms with Crippen LogP contribution in [0.1, 0.15) is 26.7 Å². The highest BCUT2D eigenvalue weighted by molar-refractivity contribution is 4.93. The van der Waals surface area contributed by atoms with Crippen molar-refractivity contribution in [3.05, 3.63) is 24.9 Å². The van der Waals surface area contributed by atoms with Gasteiger partial charge in [0.2, 0.25) is 0 Å². The second-order valence-corrected chi connectivity index (χ2v) is 2.66. The maximum Gasteiger partial charge on any atom is 0.0209 e. The largest absolute Gasteiger partial charge is 0.378 e. The van der Waals surface area contributed by atoms with Crippen LogP contribution in [0.5, 0.6) is 0 Å². The van der Waals surface area contributed by atoms with E-state index in [0.717, 1.165) is 25.9 Å². The van der Waals surface area contributed by atoms with Gasteiger partial charge in [0, 0.05) is 13.1 Å². The Morgan fingerprint density at radius 3 is 2.45 bits per heavy atom. The molecule has 0 heterocycles. The molecular formula is C10H19N. The zero-order chi connectivity index (χ0) is 8.69. The molecule has 0 spiro atoms. The van der Waals surface area contributed by atoms with Crippen LogP contribution in [0.3, 0.4) is 0 Å². The van der Waals surface area contributed by atoms with Gasteiger partial charge in [-0.1, -0.05) is 25.7 Å². The third-order valence-corrected chi connectivity index (χ3v) is 1.92. The van der Waals surface area contributed by atoms with E-state index in [1.54, 1.807) is 0 Å². The van der Waals surface area contributed by atoms with Gasteiger partial charge in [-0.05, 0) is 26.0 Å². The molecule has 0 radical (unpaired) electrons. The smallest absolute Gasteiger partial charge is 0.0209 e. The van der Waals surface area contributed by atoms with Crippen LogP contribution >= 0.6 is 0 Å². The average Bonchev–Trinajstić information content (AvgIpc) is 2.06. The molecule has 0 amide bonds. The molecule has 0 aliphatic carbocycles. The summed E-state index contributed by atoms with van der Waals surface area (Å²) in [5, 5.41) is 0. The van der Waals surface area contributed by atoms with Crippen LogP contribution < -0.4 is 0 Å². The second kappa shape index (κ2) is 6.02. The van der Waals surface area contributed by atoms with Gasteiger partial charge < -0.3 is 4.90 Å². The molecule has 1 nitrogen and oxygen atoms in total. The van der Waals surface area contributed by atoms with Crippen molar-refractivity contribution in [3.8, 4) is 0 Å². The lowest BCUT2D eigenvalue weighted by molar-refractivity contribution is 0.400. The molecule has 1 heteroatoms. The van der Waals surface area contributed by atoms with Crippen molar-refractivity contribution in [1.29, 1.82) is 0 Å². The molecule has 0 atom stereocenters. The van der Waals surface area contributed by atoms with E-state index in [1.165, 1.54) is 5.57 Å². The Bertz CT molecular complexity index is 127. The van der Waals surface area contributed by atoms with E-state index in [4.69, 9.17) is 0 Å². The van der Waals surface area contributed by atoms with Crippen molar-refractivity contribution in [2.45, 2.75) is 26.7 Å². The number of nitrogens with zero attached hydrogens (tertiary/aromatic N) is 1. The van der Waals surface area contributed by atoms with E-state index >= 15 is 0 Å². The summed E-state index contributed by atoms with van der Waals surface area (Å²) >= 11 is 0. The summed E-state index contributed by atoms with van der Waals surface area (Å²) in [5.74, 6) is 0. The van der Waals surface area contributed by atoms with Crippen LogP contribution in [0.25, 0.3) is 0 Å². The molecule has 0 rings (SSSR count). The van der Waals surface area contributed by atoms with Gasteiger partial charge in [0.1, 0.15) is 0 Å². The van der Waals surface area contributed by atoms with E-state index in [9.17, 15) is 0 Å². The summed E-state index contributed by atoms with van der Waals surface area (Å²) in [6.07, 6.45) is 4.08. The van der Waals surface area contributed by atoms with Gasteiger partial charge in [0.05, 0.1) is 0 Å². The van der Waals surface area contributed by atoms with Crippen molar-refractivity contribution < 1.29 is 0 Å². The lowest BCUT2D eigenvalue weighted by Gasteiger charge is -2.17. The van der Waals surface area contributed by atoms with E-state index in [1.807, 2.05) is 6.20 Å². The van der Waals surface area contributed by atoms with Crippen LogP contribution in [0.2, 0.25) is 0 Å². The molecule has 0 N–H and O–H groups in total. The zero-order valence-electron chi connectivity index (χ0n) is 7.77. The fraction of sp³-hybridized carbons (Fsp3) is 0.600. The lowest BCUT2D eigenvalue weighted by atomic mass is 10.1. The molecule has 0 aromatic carbocycles. The van der Waals surface area contributed by atoms with Crippen LogP contribution in [-0.2, 0) is 0 Å². The van der Waals surface area contributed by atoms with Gasteiger partial charge in [-0.15, -0.1) is 0 Å². The highest BCUT2D eigenvalue weighted by Crippen LogP contribution is 2.04. The molecule has 0 aliphatic rings. The molecule has 0 fully saturated rings. The van der Waals surface area contributed by atoms with E-state index in [-0.39, 0.29) is 0 Å². The summed E-state index contributed by atoms with van der Waals surface area (Å²) in [5.41, 5.74) is 1.32. The minimum absolute atomic E-state index is 1.04. The summed E-state index contributed by atoms with van der Waals surface area (Å²) in [6.45, 7) is 14.1. The quantitative estimate of drug-likeness (QED) is 0.530. The Kier molecular flexibility index (Phi) is 5.63. The van der Waals surface area contributed by atoms with E-state index < -0.39 is 0 Å². The Hall–Kier alpha value is -0.720. The van der Waals surface area contributed by atoms with Gasteiger partial charge >= 0.3 is 0 Å². The highest BCUT2D eigenvalue weighted by Gasteiger charge is 1.95. The predicted molar refractivity (Wildman–Crippen MR) is 51.5 cm³/mol. The Morgan fingerprint density at radius 2 is 2.09 bits per heavy atom. The molecule has 64 valence electrons. The number of hydrogen-bond acceptors (Lipinski definition) is 1. The molecule has 0 saturated carbocycles. The molecule has 11 heavy (non-hydrogen) atoms. The van der Waals surface area contributed by atoms with Crippen LogP contribution in [0, 0.1) is 0 Å². The van der Waals surface area contributed by atoms with Gasteiger partial charge in [-0.25, -0.2) is 0 Å². The third kappa shape index (κ3) is 4.65. The minimum Gasteiger partial charge on any atom is -0.378 e. The first kappa shape index (κ1) is 10.3. The van der Waals surface area contributed by atoms with Crippen molar-refractivity contribution in [2.24, 2.45) is 0 Å². The van der Waals surface area contributed by atoms with E-state index in [0.29, 0.717) is 0 Å². The second-order valence-electron chi connectivity index (χ2n) is 2.66. The SMILES string of the molecule is C=CN(CC)CCC(=C)CC. The van der Waals surface area contributed by atoms with Crippen LogP contribution in [0.4, 0.5) is 0 Å². The van der Waals surface area contributed by atoms with Gasteiger partial charge in [0.25, 0.3) is 0 Å². The van der Waals surface area contributed by atoms with Crippen molar-refractivity contribution in [3.63, 3.8) is 0 Å². The normalized spacial score (nSPS) is 9.27. The summed E-state index contributed by atoms with van der Waals surface area (Å²) in [6, 6.07) is 0. The van der Waals surface area contributed by atoms with Crippen molar-refractivity contribution >= 4 is 0 Å². The molecule has 0 aromatic rings. The lowest BCUT2D eigenvalue weighted by Crippen LogP contribution is -2.17. The summed E-state index contributed by atoms with van der Waals surface area (Å²) in [4.78, 5) is 2.20. The first-order chi connectivity index (χ1) is 5.24. The molecule has 0 saturated heterocycles. The van der Waals surface area contributed by atoms with Gasteiger partial charge in [0.15, 0.2) is 0 Å². The average molecular weight is 153 g/mol. The predicted octanol–water partition coefficient (Wildman–Crippen LogP) is 2.81. The van der Waals surface area contributed by atoms with Crippen LogP contribution in [0.15, 0.2) is 24.9 Å². The highest BCUT2D eigenvalue weighted by atomic mass is 15.1. The topological polar surface area (TPSA) is 3.24 Å². The zero-order valence-corrected chi connectivity index (χ0v) is 7.77. The van der Waals surface area contributed by atoms with Crippen molar-refractivity contribution in [2.75, 3.05) is 13.1 Å². The molecule has 0 aromatic heterocycles.